The molecular formula is C8H12N2S. The standard InChI is InChI=1S/C8H12N2S/c1-5(2)7-9-10-8(11-7)6-3-4-6/h5-6H,3-4H2,1-2H3. The molecule has 0 N–H and O–H groups in total. The zero-order chi connectivity index (χ0) is 7.84. The minimum atomic E-state index is 0.542. The van der Waals surface area contributed by atoms with E-state index in [1.165, 1.54) is 22.9 Å². The van der Waals surface area contributed by atoms with E-state index in [4.69, 9.17) is 0 Å². The summed E-state index contributed by atoms with van der Waals surface area (Å²) in [6.45, 7) is 4.33. The molecule has 11 heavy (non-hydrogen) atoms. The van der Waals surface area contributed by atoms with Crippen LogP contribution < -0.4 is 0 Å². The number of rotatable bonds is 2. The van der Waals surface area contributed by atoms with Crippen molar-refractivity contribution in [2.45, 2.75) is 38.5 Å². The van der Waals surface area contributed by atoms with Gasteiger partial charge in [0.15, 0.2) is 0 Å². The molecular weight excluding hydrogens is 156 g/mol. The topological polar surface area (TPSA) is 25.8 Å². The maximum atomic E-state index is 4.17. The lowest BCUT2D eigenvalue weighted by Gasteiger charge is -1.93. The van der Waals surface area contributed by atoms with E-state index in [0.29, 0.717) is 5.92 Å². The first-order valence-corrected chi connectivity index (χ1v) is 4.92. The molecule has 1 fully saturated rings. The van der Waals surface area contributed by atoms with Crippen LogP contribution in [0.2, 0.25) is 0 Å². The van der Waals surface area contributed by atoms with Gasteiger partial charge in [-0.3, -0.25) is 0 Å². The molecule has 3 heteroatoms. The third-order valence-corrected chi connectivity index (χ3v) is 3.26. The van der Waals surface area contributed by atoms with Gasteiger partial charge in [-0.2, -0.15) is 0 Å². The molecule has 2 nitrogen and oxygen atoms in total. The Kier molecular flexibility index (Phi) is 1.68. The first-order valence-electron chi connectivity index (χ1n) is 4.10. The Morgan fingerprint density at radius 1 is 1.36 bits per heavy atom. The van der Waals surface area contributed by atoms with Gasteiger partial charge in [0.05, 0.1) is 0 Å². The number of nitrogens with zero attached hydrogens (tertiary/aromatic N) is 2. The number of hydrogen-bond acceptors (Lipinski definition) is 3. The molecule has 0 aromatic carbocycles. The molecule has 1 saturated carbocycles. The van der Waals surface area contributed by atoms with E-state index in [2.05, 4.69) is 24.0 Å². The Labute approximate surface area is 70.7 Å². The van der Waals surface area contributed by atoms with Crippen LogP contribution in [-0.4, -0.2) is 10.2 Å². The third kappa shape index (κ3) is 1.43. The number of hydrogen-bond donors (Lipinski definition) is 0. The SMILES string of the molecule is CC(C)c1nnc(C2CC2)s1. The summed E-state index contributed by atoms with van der Waals surface area (Å²) in [7, 11) is 0. The largest absolute Gasteiger partial charge is 0.143 e. The van der Waals surface area contributed by atoms with Crippen molar-refractivity contribution in [1.29, 1.82) is 0 Å². The van der Waals surface area contributed by atoms with Crippen molar-refractivity contribution >= 4 is 11.3 Å². The molecule has 1 heterocycles. The van der Waals surface area contributed by atoms with Gasteiger partial charge in [0.2, 0.25) is 0 Å². The maximum absolute atomic E-state index is 4.17. The van der Waals surface area contributed by atoms with Crippen molar-refractivity contribution in [1.82, 2.24) is 10.2 Å². The van der Waals surface area contributed by atoms with E-state index in [-0.39, 0.29) is 0 Å². The molecule has 1 aliphatic rings. The molecule has 1 aromatic heterocycles. The lowest BCUT2D eigenvalue weighted by atomic mass is 10.2. The van der Waals surface area contributed by atoms with Crippen LogP contribution in [0.4, 0.5) is 0 Å². The van der Waals surface area contributed by atoms with Gasteiger partial charge in [-0.15, -0.1) is 21.5 Å². The third-order valence-electron chi connectivity index (χ3n) is 1.88. The van der Waals surface area contributed by atoms with Crippen molar-refractivity contribution in [3.05, 3.63) is 10.0 Å². The van der Waals surface area contributed by atoms with E-state index in [1.54, 1.807) is 11.3 Å². The Bertz CT molecular complexity index is 234. The van der Waals surface area contributed by atoms with Crippen LogP contribution in [0, 0.1) is 0 Å². The molecule has 0 spiro atoms. The quantitative estimate of drug-likeness (QED) is 0.678. The molecule has 1 aliphatic carbocycles. The van der Waals surface area contributed by atoms with Gasteiger partial charge < -0.3 is 0 Å². The summed E-state index contributed by atoms with van der Waals surface area (Å²) in [4.78, 5) is 0. The van der Waals surface area contributed by atoms with E-state index in [1.807, 2.05) is 0 Å². The molecule has 0 atom stereocenters. The Balaban J connectivity index is 2.18. The van der Waals surface area contributed by atoms with Gasteiger partial charge in [-0.05, 0) is 12.8 Å². The van der Waals surface area contributed by atoms with Crippen LogP contribution in [0.25, 0.3) is 0 Å². The van der Waals surface area contributed by atoms with Crippen molar-refractivity contribution in [3.63, 3.8) is 0 Å². The normalized spacial score (nSPS) is 17.7. The summed E-state index contributed by atoms with van der Waals surface area (Å²) in [5.41, 5.74) is 0. The zero-order valence-corrected chi connectivity index (χ0v) is 7.69. The Morgan fingerprint density at radius 2 is 2.09 bits per heavy atom. The lowest BCUT2D eigenvalue weighted by Crippen LogP contribution is -1.83. The maximum Gasteiger partial charge on any atom is 0.120 e. The lowest BCUT2D eigenvalue weighted by molar-refractivity contribution is 0.817. The average molecular weight is 168 g/mol. The predicted octanol–water partition coefficient (Wildman–Crippen LogP) is 2.54. The van der Waals surface area contributed by atoms with Gasteiger partial charge in [-0.1, -0.05) is 13.8 Å². The molecule has 0 saturated heterocycles. The molecule has 0 radical (unpaired) electrons. The molecule has 0 unspecified atom stereocenters. The molecule has 0 bridgehead atoms. The van der Waals surface area contributed by atoms with Gasteiger partial charge >= 0.3 is 0 Å². The van der Waals surface area contributed by atoms with Crippen molar-refractivity contribution < 1.29 is 0 Å². The monoisotopic (exact) mass is 168 g/mol. The van der Waals surface area contributed by atoms with Crippen LogP contribution in [0.3, 0.4) is 0 Å². The van der Waals surface area contributed by atoms with Gasteiger partial charge in [-0.25, -0.2) is 0 Å². The van der Waals surface area contributed by atoms with Crippen LogP contribution in [0.5, 0.6) is 0 Å². The van der Waals surface area contributed by atoms with Crippen LogP contribution >= 0.6 is 11.3 Å². The first kappa shape index (κ1) is 7.22. The highest BCUT2D eigenvalue weighted by molar-refractivity contribution is 7.11. The van der Waals surface area contributed by atoms with Gasteiger partial charge in [0.1, 0.15) is 10.0 Å². The second-order valence-corrected chi connectivity index (χ2v) is 4.45. The van der Waals surface area contributed by atoms with Crippen molar-refractivity contribution in [3.8, 4) is 0 Å². The highest BCUT2D eigenvalue weighted by Gasteiger charge is 2.27. The highest BCUT2D eigenvalue weighted by atomic mass is 32.1. The highest BCUT2D eigenvalue weighted by Crippen LogP contribution is 2.41. The fourth-order valence-electron chi connectivity index (χ4n) is 0.975. The summed E-state index contributed by atoms with van der Waals surface area (Å²) < 4.78 is 0. The van der Waals surface area contributed by atoms with E-state index < -0.39 is 0 Å². The van der Waals surface area contributed by atoms with Gasteiger partial charge in [0.25, 0.3) is 0 Å². The number of aromatic nitrogens is 2. The molecule has 0 amide bonds. The van der Waals surface area contributed by atoms with E-state index >= 15 is 0 Å². The molecule has 60 valence electrons. The summed E-state index contributed by atoms with van der Waals surface area (Å²) in [6, 6.07) is 0. The molecule has 1 aromatic rings. The van der Waals surface area contributed by atoms with Crippen LogP contribution in [0.1, 0.15) is 48.5 Å². The van der Waals surface area contributed by atoms with Crippen molar-refractivity contribution in [2.24, 2.45) is 0 Å². The van der Waals surface area contributed by atoms with Crippen molar-refractivity contribution in [2.75, 3.05) is 0 Å². The predicted molar refractivity (Wildman–Crippen MR) is 46.0 cm³/mol. The smallest absolute Gasteiger partial charge is 0.120 e. The Hall–Kier alpha value is -0.440. The minimum Gasteiger partial charge on any atom is -0.143 e. The molecule has 2 rings (SSSR count). The second-order valence-electron chi connectivity index (χ2n) is 3.41. The average Bonchev–Trinajstić information content (AvgIpc) is 2.68. The van der Waals surface area contributed by atoms with E-state index in [9.17, 15) is 0 Å². The summed E-state index contributed by atoms with van der Waals surface area (Å²) >= 11 is 1.79. The van der Waals surface area contributed by atoms with Crippen LogP contribution in [0.15, 0.2) is 0 Å². The van der Waals surface area contributed by atoms with Crippen LogP contribution in [-0.2, 0) is 0 Å². The van der Waals surface area contributed by atoms with Gasteiger partial charge in [0, 0.05) is 11.8 Å². The fourth-order valence-corrected chi connectivity index (χ4v) is 1.99. The second kappa shape index (κ2) is 2.55. The Morgan fingerprint density at radius 3 is 2.55 bits per heavy atom. The summed E-state index contributed by atoms with van der Waals surface area (Å²) in [5.74, 6) is 1.31. The molecule has 0 aliphatic heterocycles. The fraction of sp³-hybridized carbons (Fsp3) is 0.750. The zero-order valence-electron chi connectivity index (χ0n) is 6.87. The van der Waals surface area contributed by atoms with E-state index in [0.717, 1.165) is 5.92 Å². The first-order chi connectivity index (χ1) is 5.27. The summed E-state index contributed by atoms with van der Waals surface area (Å²) in [5, 5.41) is 10.8. The summed E-state index contributed by atoms with van der Waals surface area (Å²) in [6.07, 6.45) is 2.65. The minimum absolute atomic E-state index is 0.542.